The van der Waals surface area contributed by atoms with E-state index < -0.39 is 0 Å². The van der Waals surface area contributed by atoms with Crippen molar-refractivity contribution in [3.8, 4) is 0 Å². The highest BCUT2D eigenvalue weighted by Gasteiger charge is 2.14. The van der Waals surface area contributed by atoms with Crippen molar-refractivity contribution in [2.24, 2.45) is 17.3 Å². The molecule has 0 fully saturated rings. The van der Waals surface area contributed by atoms with Crippen LogP contribution in [-0.4, -0.2) is 21.2 Å². The zero-order chi connectivity index (χ0) is 8.55. The first kappa shape index (κ1) is 7.02. The van der Waals surface area contributed by atoms with Crippen LogP contribution in [0.15, 0.2) is 22.7 Å². The van der Waals surface area contributed by atoms with Crippen molar-refractivity contribution in [1.82, 2.24) is 14.9 Å². The normalized spacial score (nSPS) is 15.5. The lowest BCUT2D eigenvalue weighted by Gasteiger charge is -1.98. The van der Waals surface area contributed by atoms with Crippen LogP contribution < -0.4 is 5.32 Å². The molecule has 0 saturated heterocycles. The number of amidine groups is 2. The summed E-state index contributed by atoms with van der Waals surface area (Å²) in [5.74, 6) is 1.32. The number of nitrogens with zero attached hydrogens (tertiary/aromatic N) is 5. The van der Waals surface area contributed by atoms with E-state index in [2.05, 4.69) is 20.5 Å². The Morgan fingerprint density at radius 2 is 2.17 bits per heavy atom. The third kappa shape index (κ3) is 0.990. The average molecular weight is 162 g/mol. The Hall–Kier alpha value is -1.65. The molecular formula is C7H8N5. The van der Waals surface area contributed by atoms with Crippen molar-refractivity contribution >= 4 is 11.7 Å². The van der Waals surface area contributed by atoms with Crippen molar-refractivity contribution in [3.63, 3.8) is 0 Å². The minimum absolute atomic E-state index is 0.632. The summed E-state index contributed by atoms with van der Waals surface area (Å²) in [5, 5.41) is 11.8. The predicted octanol–water partition coefficient (Wildman–Crippen LogP) is 0.118. The number of rotatable bonds is 1. The van der Waals surface area contributed by atoms with Crippen molar-refractivity contribution in [2.75, 3.05) is 0 Å². The fourth-order valence-electron chi connectivity index (χ4n) is 0.999. The van der Waals surface area contributed by atoms with Gasteiger partial charge in [-0.05, 0) is 6.92 Å². The van der Waals surface area contributed by atoms with E-state index in [1.807, 2.05) is 18.5 Å². The minimum atomic E-state index is 0.632. The topological polar surface area (TPSA) is 56.6 Å². The largest absolute Gasteiger partial charge is 0.331 e. The lowest BCUT2D eigenvalue weighted by molar-refractivity contribution is 0.897. The molecule has 1 radical (unpaired) electrons. The number of aromatic nitrogens is 2. The van der Waals surface area contributed by atoms with Gasteiger partial charge in [-0.15, -0.1) is 10.2 Å². The van der Waals surface area contributed by atoms with Crippen LogP contribution in [0.2, 0.25) is 0 Å². The summed E-state index contributed by atoms with van der Waals surface area (Å²) in [4.78, 5) is 3.96. The molecule has 5 nitrogen and oxygen atoms in total. The van der Waals surface area contributed by atoms with Gasteiger partial charge in [-0.25, -0.2) is 10.3 Å². The van der Waals surface area contributed by atoms with Gasteiger partial charge >= 0.3 is 0 Å². The first-order chi connectivity index (χ1) is 5.77. The molecule has 0 unspecified atom stereocenters. The molecule has 12 heavy (non-hydrogen) atoms. The molecule has 0 spiro atoms. The Bertz CT molecular complexity index is 360. The highest BCUT2D eigenvalue weighted by atomic mass is 15.4. The Balaban J connectivity index is 2.30. The molecule has 2 rings (SSSR count). The summed E-state index contributed by atoms with van der Waals surface area (Å²) in [6.45, 7) is 1.81. The van der Waals surface area contributed by atoms with Gasteiger partial charge in [0.15, 0.2) is 5.84 Å². The summed E-state index contributed by atoms with van der Waals surface area (Å²) in [6.07, 6.45) is 3.43. The second-order valence-corrected chi connectivity index (χ2v) is 2.57. The second kappa shape index (κ2) is 2.44. The third-order valence-corrected chi connectivity index (χ3v) is 1.60. The van der Waals surface area contributed by atoms with E-state index in [0.717, 1.165) is 5.69 Å². The van der Waals surface area contributed by atoms with E-state index in [1.165, 1.54) is 0 Å². The molecular weight excluding hydrogens is 154 g/mol. The van der Waals surface area contributed by atoms with E-state index in [1.54, 1.807) is 12.5 Å². The van der Waals surface area contributed by atoms with E-state index >= 15 is 0 Å². The minimum Gasteiger partial charge on any atom is -0.331 e. The highest BCUT2D eigenvalue weighted by Crippen LogP contribution is 2.03. The second-order valence-electron chi connectivity index (χ2n) is 2.57. The quantitative estimate of drug-likeness (QED) is 0.578. The zero-order valence-corrected chi connectivity index (χ0v) is 6.89. The number of imidazole rings is 1. The number of hydrogen-bond donors (Lipinski definition) is 0. The Morgan fingerprint density at radius 3 is 2.67 bits per heavy atom. The first-order valence-electron chi connectivity index (χ1n) is 3.58. The molecule has 0 aromatic carbocycles. The summed E-state index contributed by atoms with van der Waals surface area (Å²) in [7, 11) is 1.90. The molecule has 5 heteroatoms. The summed E-state index contributed by atoms with van der Waals surface area (Å²) < 4.78 is 1.86. The van der Waals surface area contributed by atoms with Gasteiger partial charge in [0.05, 0.1) is 12.5 Å². The van der Waals surface area contributed by atoms with E-state index in [4.69, 9.17) is 0 Å². The standard InChI is InChI=1S/C7H8N5/c1-5-9-7(11-10-5)6-3-8-4-12(6)2/h3-4H,1-2H3. The summed E-state index contributed by atoms with van der Waals surface area (Å²) >= 11 is 0. The van der Waals surface area contributed by atoms with Crippen LogP contribution in [0.1, 0.15) is 12.6 Å². The van der Waals surface area contributed by atoms with Crippen molar-refractivity contribution in [3.05, 3.63) is 18.2 Å². The first-order valence-corrected chi connectivity index (χ1v) is 3.58. The van der Waals surface area contributed by atoms with Crippen LogP contribution in [0.25, 0.3) is 0 Å². The van der Waals surface area contributed by atoms with E-state index in [-0.39, 0.29) is 0 Å². The molecule has 2 heterocycles. The van der Waals surface area contributed by atoms with Gasteiger partial charge in [0, 0.05) is 7.05 Å². The van der Waals surface area contributed by atoms with Gasteiger partial charge in [0.25, 0.3) is 0 Å². The third-order valence-electron chi connectivity index (χ3n) is 1.60. The van der Waals surface area contributed by atoms with Gasteiger partial charge in [0.2, 0.25) is 5.84 Å². The molecule has 0 atom stereocenters. The SMILES string of the molecule is CC1=NN=C(c2cncn2C)[N]1. The lowest BCUT2D eigenvalue weighted by Crippen LogP contribution is -2.18. The maximum Gasteiger partial charge on any atom is 0.201 e. The van der Waals surface area contributed by atoms with Crippen LogP contribution in [0.5, 0.6) is 0 Å². The van der Waals surface area contributed by atoms with Crippen LogP contribution in [-0.2, 0) is 7.05 Å². The Labute approximate surface area is 69.8 Å². The van der Waals surface area contributed by atoms with Gasteiger partial charge < -0.3 is 4.57 Å². The highest BCUT2D eigenvalue weighted by molar-refractivity contribution is 6.10. The van der Waals surface area contributed by atoms with E-state index in [9.17, 15) is 0 Å². The van der Waals surface area contributed by atoms with Crippen LogP contribution in [0.4, 0.5) is 0 Å². The maximum absolute atomic E-state index is 4.13. The molecule has 0 bridgehead atoms. The monoisotopic (exact) mass is 162 g/mol. The molecule has 0 saturated carbocycles. The smallest absolute Gasteiger partial charge is 0.201 e. The van der Waals surface area contributed by atoms with Gasteiger partial charge in [-0.2, -0.15) is 0 Å². The van der Waals surface area contributed by atoms with Crippen molar-refractivity contribution < 1.29 is 0 Å². The molecule has 0 amide bonds. The van der Waals surface area contributed by atoms with Gasteiger partial charge in [-0.1, -0.05) is 0 Å². The fourth-order valence-corrected chi connectivity index (χ4v) is 0.999. The van der Waals surface area contributed by atoms with Gasteiger partial charge in [-0.3, -0.25) is 0 Å². The summed E-state index contributed by atoms with van der Waals surface area (Å²) in [6, 6.07) is 0. The molecule has 1 aliphatic rings. The molecule has 61 valence electrons. The Kier molecular flexibility index (Phi) is 1.43. The summed E-state index contributed by atoms with van der Waals surface area (Å²) in [5.41, 5.74) is 0.885. The zero-order valence-electron chi connectivity index (χ0n) is 6.89. The van der Waals surface area contributed by atoms with Crippen LogP contribution in [0, 0.1) is 0 Å². The van der Waals surface area contributed by atoms with Crippen molar-refractivity contribution in [1.29, 1.82) is 0 Å². The fraction of sp³-hybridized carbons (Fsp3) is 0.286. The molecule has 1 aromatic heterocycles. The van der Waals surface area contributed by atoms with Crippen LogP contribution >= 0.6 is 0 Å². The predicted molar refractivity (Wildman–Crippen MR) is 45.0 cm³/mol. The number of hydrogen-bond acceptors (Lipinski definition) is 3. The number of aryl methyl sites for hydroxylation is 1. The average Bonchev–Trinajstić information content (AvgIpc) is 2.58. The molecule has 0 aliphatic carbocycles. The lowest BCUT2D eigenvalue weighted by atomic mass is 10.4. The van der Waals surface area contributed by atoms with Crippen LogP contribution in [0.3, 0.4) is 0 Å². The molecule has 1 aromatic rings. The molecule has 1 aliphatic heterocycles. The Morgan fingerprint density at radius 1 is 1.33 bits per heavy atom. The van der Waals surface area contributed by atoms with Gasteiger partial charge in [0.1, 0.15) is 5.69 Å². The van der Waals surface area contributed by atoms with Crippen molar-refractivity contribution in [2.45, 2.75) is 6.92 Å². The molecule has 0 N–H and O–H groups in total. The maximum atomic E-state index is 4.13. The van der Waals surface area contributed by atoms with E-state index in [0.29, 0.717) is 11.7 Å².